The van der Waals surface area contributed by atoms with Crippen molar-refractivity contribution in [1.29, 1.82) is 0 Å². The zero-order valence-corrected chi connectivity index (χ0v) is 11.3. The molecule has 0 radical (unpaired) electrons. The zero-order valence-electron chi connectivity index (χ0n) is 11.3. The van der Waals surface area contributed by atoms with E-state index >= 15 is 0 Å². The maximum absolute atomic E-state index is 13.8. The molecule has 108 valence electrons. The van der Waals surface area contributed by atoms with Crippen LogP contribution in [0.4, 0.5) is 10.3 Å². The number of benzene rings is 1. The number of hydrogen-bond donors (Lipinski definition) is 1. The summed E-state index contributed by atoms with van der Waals surface area (Å²) in [6.45, 7) is 0.284. The molecule has 2 unspecified atom stereocenters. The van der Waals surface area contributed by atoms with Gasteiger partial charge in [0.2, 0.25) is 12.3 Å². The highest BCUT2D eigenvalue weighted by Crippen LogP contribution is 2.49. The smallest absolute Gasteiger partial charge is 0.220 e. The Morgan fingerprint density at radius 1 is 1.29 bits per heavy atom. The van der Waals surface area contributed by atoms with Crippen LogP contribution in [0.1, 0.15) is 18.5 Å². The van der Waals surface area contributed by atoms with E-state index in [2.05, 4.69) is 9.97 Å². The third-order valence-electron chi connectivity index (χ3n) is 4.02. The fraction of sp³-hybridized carbons (Fsp3) is 0.333. The fourth-order valence-corrected chi connectivity index (χ4v) is 3.06. The van der Waals surface area contributed by atoms with Gasteiger partial charge in [-0.2, -0.15) is 0 Å². The van der Waals surface area contributed by atoms with Gasteiger partial charge in [-0.1, -0.05) is 18.2 Å². The minimum absolute atomic E-state index is 0.102. The van der Waals surface area contributed by atoms with Crippen LogP contribution in [0.5, 0.6) is 5.75 Å². The van der Waals surface area contributed by atoms with Gasteiger partial charge in [0.15, 0.2) is 5.60 Å². The Morgan fingerprint density at radius 3 is 3.00 bits per heavy atom. The summed E-state index contributed by atoms with van der Waals surface area (Å²) in [6.07, 6.45) is 0.951. The maximum atomic E-state index is 13.8. The van der Waals surface area contributed by atoms with Crippen molar-refractivity contribution in [2.45, 2.75) is 24.8 Å². The van der Waals surface area contributed by atoms with Crippen LogP contribution in [0.3, 0.4) is 0 Å². The largest absolute Gasteiger partial charge is 0.480 e. The number of anilines is 1. The Hall–Kier alpha value is -2.21. The number of aromatic nitrogens is 2. The molecule has 0 aliphatic carbocycles. The minimum Gasteiger partial charge on any atom is -0.480 e. The number of nitrogen functional groups attached to an aromatic ring is 1. The Kier molecular flexibility index (Phi) is 2.62. The lowest BCUT2D eigenvalue weighted by Gasteiger charge is -2.42. The van der Waals surface area contributed by atoms with Gasteiger partial charge < -0.3 is 15.2 Å². The summed E-state index contributed by atoms with van der Waals surface area (Å²) in [7, 11) is 0. The summed E-state index contributed by atoms with van der Waals surface area (Å²) in [4.78, 5) is 8.42. The van der Waals surface area contributed by atoms with E-state index in [4.69, 9.17) is 15.2 Å². The van der Waals surface area contributed by atoms with Crippen molar-refractivity contribution in [3.05, 3.63) is 36.2 Å². The van der Waals surface area contributed by atoms with Crippen LogP contribution in [-0.4, -0.2) is 22.9 Å². The van der Waals surface area contributed by atoms with Crippen molar-refractivity contribution < 1.29 is 13.9 Å². The van der Waals surface area contributed by atoms with Crippen LogP contribution < -0.4 is 10.5 Å². The Balaban J connectivity index is 1.95. The molecule has 1 spiro atoms. The standard InChI is InChI=1S/C15H14FN3O2/c16-12-7-15(5-6-20-12)13-10(8-18-14(17)19-13)9-3-1-2-4-11(9)21-15/h1-4,8,12H,5-7H2,(H2,17,18,19). The molecule has 1 saturated heterocycles. The Labute approximate surface area is 120 Å². The van der Waals surface area contributed by atoms with Gasteiger partial charge in [0.25, 0.3) is 0 Å². The predicted octanol–water partition coefficient (Wildman–Crippen LogP) is 2.42. The van der Waals surface area contributed by atoms with Crippen LogP contribution in [0.2, 0.25) is 0 Å². The molecule has 0 amide bonds. The normalized spacial score (nSPS) is 26.8. The number of fused-ring (bicyclic) bond motifs is 4. The summed E-state index contributed by atoms with van der Waals surface area (Å²) >= 11 is 0. The number of alkyl halides is 1. The van der Waals surface area contributed by atoms with E-state index in [1.807, 2.05) is 24.3 Å². The van der Waals surface area contributed by atoms with Crippen molar-refractivity contribution in [3.8, 4) is 16.9 Å². The molecule has 21 heavy (non-hydrogen) atoms. The van der Waals surface area contributed by atoms with Gasteiger partial charge in [0, 0.05) is 30.2 Å². The van der Waals surface area contributed by atoms with Crippen molar-refractivity contribution >= 4 is 5.95 Å². The monoisotopic (exact) mass is 287 g/mol. The third-order valence-corrected chi connectivity index (χ3v) is 4.02. The number of rotatable bonds is 0. The van der Waals surface area contributed by atoms with E-state index in [9.17, 15) is 4.39 Å². The number of nitrogens with two attached hydrogens (primary N) is 1. The lowest BCUT2D eigenvalue weighted by Crippen LogP contribution is -2.44. The molecule has 1 aromatic heterocycles. The Bertz CT molecular complexity index is 709. The van der Waals surface area contributed by atoms with Crippen LogP contribution in [0.15, 0.2) is 30.5 Å². The third kappa shape index (κ3) is 1.86. The molecule has 6 heteroatoms. The van der Waals surface area contributed by atoms with Crippen LogP contribution in [0.25, 0.3) is 11.1 Å². The molecule has 0 bridgehead atoms. The lowest BCUT2D eigenvalue weighted by atomic mass is 9.83. The number of nitrogens with zero attached hydrogens (tertiary/aromatic N) is 2. The van der Waals surface area contributed by atoms with Gasteiger partial charge in [0.1, 0.15) is 5.75 Å². The molecular formula is C15H14FN3O2. The highest BCUT2D eigenvalue weighted by Gasteiger charge is 2.47. The number of ether oxygens (including phenoxy) is 2. The summed E-state index contributed by atoms with van der Waals surface area (Å²) in [6, 6.07) is 7.62. The molecule has 1 aromatic carbocycles. The minimum atomic E-state index is -1.37. The molecule has 2 atom stereocenters. The molecule has 5 nitrogen and oxygen atoms in total. The second-order valence-corrected chi connectivity index (χ2v) is 5.32. The second-order valence-electron chi connectivity index (χ2n) is 5.32. The Morgan fingerprint density at radius 2 is 2.14 bits per heavy atom. The molecule has 2 N–H and O–H groups in total. The number of para-hydroxylation sites is 1. The fourth-order valence-electron chi connectivity index (χ4n) is 3.06. The van der Waals surface area contributed by atoms with E-state index in [1.54, 1.807) is 6.20 Å². The van der Waals surface area contributed by atoms with E-state index in [1.165, 1.54) is 0 Å². The molecule has 0 saturated carbocycles. The van der Waals surface area contributed by atoms with Crippen LogP contribution >= 0.6 is 0 Å². The molecular weight excluding hydrogens is 273 g/mol. The first-order valence-corrected chi connectivity index (χ1v) is 6.85. The van der Waals surface area contributed by atoms with Crippen molar-refractivity contribution in [1.82, 2.24) is 9.97 Å². The van der Waals surface area contributed by atoms with Gasteiger partial charge >= 0.3 is 0 Å². The van der Waals surface area contributed by atoms with E-state index in [0.717, 1.165) is 11.1 Å². The first kappa shape index (κ1) is 12.5. The lowest BCUT2D eigenvalue weighted by molar-refractivity contribution is -0.146. The molecule has 2 aliphatic rings. The predicted molar refractivity (Wildman–Crippen MR) is 74.3 cm³/mol. The number of halogens is 1. The molecule has 1 fully saturated rings. The van der Waals surface area contributed by atoms with Crippen LogP contribution in [0, 0.1) is 0 Å². The van der Waals surface area contributed by atoms with Crippen molar-refractivity contribution in [2.24, 2.45) is 0 Å². The molecule has 2 aliphatic heterocycles. The van der Waals surface area contributed by atoms with E-state index in [-0.39, 0.29) is 19.0 Å². The summed E-state index contributed by atoms with van der Waals surface area (Å²) < 4.78 is 25.0. The first-order valence-electron chi connectivity index (χ1n) is 6.85. The molecule has 4 rings (SSSR count). The van der Waals surface area contributed by atoms with Gasteiger partial charge in [-0.3, -0.25) is 0 Å². The van der Waals surface area contributed by atoms with Crippen LogP contribution in [-0.2, 0) is 10.3 Å². The average Bonchev–Trinajstić information content (AvgIpc) is 2.48. The second kappa shape index (κ2) is 4.39. The average molecular weight is 287 g/mol. The molecule has 3 heterocycles. The summed E-state index contributed by atoms with van der Waals surface area (Å²) in [5.74, 6) is 0.880. The quantitative estimate of drug-likeness (QED) is 0.805. The van der Waals surface area contributed by atoms with Gasteiger partial charge in [0.05, 0.1) is 12.3 Å². The summed E-state index contributed by atoms with van der Waals surface area (Å²) in [5, 5.41) is 0. The molecule has 2 aromatic rings. The highest BCUT2D eigenvalue weighted by atomic mass is 19.1. The zero-order chi connectivity index (χ0) is 14.4. The first-order chi connectivity index (χ1) is 10.2. The van der Waals surface area contributed by atoms with E-state index in [0.29, 0.717) is 17.9 Å². The number of hydrogen-bond acceptors (Lipinski definition) is 5. The SMILES string of the molecule is Nc1ncc2c(n1)C1(CCOC(F)C1)Oc1ccccc1-2. The van der Waals surface area contributed by atoms with Gasteiger partial charge in [-0.15, -0.1) is 0 Å². The summed E-state index contributed by atoms with van der Waals surface area (Å²) in [5.41, 5.74) is 7.29. The maximum Gasteiger partial charge on any atom is 0.220 e. The topological polar surface area (TPSA) is 70.3 Å². The van der Waals surface area contributed by atoms with E-state index < -0.39 is 12.0 Å². The highest BCUT2D eigenvalue weighted by molar-refractivity contribution is 5.75. The van der Waals surface area contributed by atoms with Crippen molar-refractivity contribution in [3.63, 3.8) is 0 Å². The van der Waals surface area contributed by atoms with Crippen molar-refractivity contribution in [2.75, 3.05) is 12.3 Å². The van der Waals surface area contributed by atoms with Gasteiger partial charge in [-0.05, 0) is 6.07 Å². The van der Waals surface area contributed by atoms with Gasteiger partial charge in [-0.25, -0.2) is 14.4 Å².